The van der Waals surface area contributed by atoms with Gasteiger partial charge in [-0.2, -0.15) is 0 Å². The molecule has 1 aliphatic rings. The average molecular weight is 542 g/mol. The number of aromatic nitrogens is 2. The number of carbonyl (C=O) groups is 2. The van der Waals surface area contributed by atoms with Crippen LogP contribution in [0.15, 0.2) is 85.2 Å². The molecule has 9 nitrogen and oxygen atoms in total. The van der Waals surface area contributed by atoms with Gasteiger partial charge >= 0.3 is 5.97 Å². The molecule has 1 amide bonds. The number of aromatic carboxylic acids is 1. The van der Waals surface area contributed by atoms with Crippen LogP contribution in [0, 0.1) is 0 Å². The lowest BCUT2D eigenvalue weighted by Crippen LogP contribution is -2.30. The summed E-state index contributed by atoms with van der Waals surface area (Å²) in [6.45, 7) is 1.79. The second kappa shape index (κ2) is 11.0. The number of carboxylic acid groups (broad SMARTS) is 1. The molecule has 2 aromatic carbocycles. The van der Waals surface area contributed by atoms with E-state index in [4.69, 9.17) is 17.0 Å². The SMILES string of the molecule is CCC(=O)Nc1ccc(N2C(=S)NC(c3ccccn3)C2c2cccn2-c2cccc(C(=O)O)c2)cc1OC. The highest BCUT2D eigenvalue weighted by molar-refractivity contribution is 7.80. The number of hydrogen-bond donors (Lipinski definition) is 3. The molecule has 0 saturated carbocycles. The van der Waals surface area contributed by atoms with Gasteiger partial charge in [-0.1, -0.05) is 19.1 Å². The molecule has 198 valence electrons. The maximum atomic E-state index is 12.0. The van der Waals surface area contributed by atoms with Crippen molar-refractivity contribution in [2.45, 2.75) is 25.4 Å². The van der Waals surface area contributed by atoms with E-state index in [2.05, 4.69) is 15.6 Å². The Morgan fingerprint density at radius 2 is 1.92 bits per heavy atom. The fraction of sp³-hybridized carbons (Fsp3) is 0.172. The molecule has 1 aliphatic heterocycles. The summed E-state index contributed by atoms with van der Waals surface area (Å²) in [6.07, 6.45) is 3.98. The van der Waals surface area contributed by atoms with Crippen LogP contribution < -0.4 is 20.3 Å². The monoisotopic (exact) mass is 541 g/mol. The van der Waals surface area contributed by atoms with E-state index in [-0.39, 0.29) is 23.6 Å². The Balaban J connectivity index is 1.64. The Morgan fingerprint density at radius 3 is 2.64 bits per heavy atom. The van der Waals surface area contributed by atoms with Crippen LogP contribution in [0.25, 0.3) is 5.69 Å². The highest BCUT2D eigenvalue weighted by atomic mass is 32.1. The van der Waals surface area contributed by atoms with E-state index in [1.165, 1.54) is 0 Å². The van der Waals surface area contributed by atoms with Crippen LogP contribution in [0.2, 0.25) is 0 Å². The van der Waals surface area contributed by atoms with Crippen molar-refractivity contribution < 1.29 is 19.4 Å². The second-order valence-electron chi connectivity index (χ2n) is 8.94. The molecule has 4 aromatic rings. The Labute approximate surface area is 231 Å². The number of nitrogens with one attached hydrogen (secondary N) is 2. The molecule has 2 aromatic heterocycles. The molecule has 1 fully saturated rings. The molecule has 0 spiro atoms. The van der Waals surface area contributed by atoms with Crippen LogP contribution in [0.1, 0.15) is 47.2 Å². The second-order valence-corrected chi connectivity index (χ2v) is 9.33. The maximum absolute atomic E-state index is 12.0. The Morgan fingerprint density at radius 1 is 1.08 bits per heavy atom. The van der Waals surface area contributed by atoms with Crippen LogP contribution >= 0.6 is 12.2 Å². The number of benzene rings is 2. The van der Waals surface area contributed by atoms with Gasteiger partial charge in [0.2, 0.25) is 5.91 Å². The number of pyridine rings is 1. The number of nitrogens with zero attached hydrogens (tertiary/aromatic N) is 3. The summed E-state index contributed by atoms with van der Waals surface area (Å²) in [6, 6.07) is 21.3. The van der Waals surface area contributed by atoms with Gasteiger partial charge in [0.05, 0.1) is 30.1 Å². The van der Waals surface area contributed by atoms with E-state index in [1.54, 1.807) is 44.5 Å². The molecule has 10 heteroatoms. The van der Waals surface area contributed by atoms with Crippen molar-refractivity contribution >= 4 is 40.6 Å². The lowest BCUT2D eigenvalue weighted by atomic mass is 10.0. The third kappa shape index (κ3) is 5.06. The van der Waals surface area contributed by atoms with Crippen molar-refractivity contribution in [3.63, 3.8) is 0 Å². The summed E-state index contributed by atoms with van der Waals surface area (Å²) in [7, 11) is 1.55. The fourth-order valence-corrected chi connectivity index (χ4v) is 5.11. The van der Waals surface area contributed by atoms with Gasteiger partial charge < -0.3 is 29.9 Å². The third-order valence-electron chi connectivity index (χ3n) is 6.61. The lowest BCUT2D eigenvalue weighted by Gasteiger charge is -2.29. The molecule has 5 rings (SSSR count). The van der Waals surface area contributed by atoms with Gasteiger partial charge in [0.15, 0.2) is 5.11 Å². The summed E-state index contributed by atoms with van der Waals surface area (Å²) in [4.78, 5) is 30.3. The van der Waals surface area contributed by atoms with E-state index in [1.807, 2.05) is 64.2 Å². The standard InChI is InChI=1S/C29H27N5O4S/c1-3-25(35)31-21-13-12-20(17-24(21)38-2)34-27(26(32-29(34)39)22-10-4-5-14-30-22)23-11-7-15-33(23)19-9-6-8-18(16-19)28(36)37/h4-17,26-27H,3H2,1-2H3,(H,31,35)(H,32,39)(H,36,37). The minimum atomic E-state index is -0.996. The van der Waals surface area contributed by atoms with Gasteiger partial charge in [-0.15, -0.1) is 0 Å². The normalized spacial score (nSPS) is 16.6. The molecule has 1 saturated heterocycles. The molecule has 0 aliphatic carbocycles. The highest BCUT2D eigenvalue weighted by Gasteiger charge is 2.42. The number of methoxy groups -OCH3 is 1. The molecule has 2 atom stereocenters. The number of rotatable bonds is 8. The van der Waals surface area contributed by atoms with E-state index < -0.39 is 5.97 Å². The topological polar surface area (TPSA) is 109 Å². The van der Waals surface area contributed by atoms with Gasteiger partial charge in [0, 0.05) is 41.9 Å². The van der Waals surface area contributed by atoms with Gasteiger partial charge in [0.1, 0.15) is 11.8 Å². The van der Waals surface area contributed by atoms with Gasteiger partial charge in [0.25, 0.3) is 0 Å². The van der Waals surface area contributed by atoms with Crippen molar-refractivity contribution in [3.8, 4) is 11.4 Å². The summed E-state index contributed by atoms with van der Waals surface area (Å²) < 4.78 is 7.58. The van der Waals surface area contributed by atoms with Gasteiger partial charge in [-0.05, 0) is 66.8 Å². The smallest absolute Gasteiger partial charge is 0.335 e. The molecule has 2 unspecified atom stereocenters. The molecule has 0 radical (unpaired) electrons. The largest absolute Gasteiger partial charge is 0.494 e. The van der Waals surface area contributed by atoms with Crippen LogP contribution in [-0.2, 0) is 4.79 Å². The molecule has 3 heterocycles. The average Bonchev–Trinajstić information content (AvgIpc) is 3.58. The molecular formula is C29H27N5O4S. The first-order valence-electron chi connectivity index (χ1n) is 12.4. The Hall–Kier alpha value is -4.70. The maximum Gasteiger partial charge on any atom is 0.335 e. The van der Waals surface area contributed by atoms with Crippen molar-refractivity contribution in [3.05, 3.63) is 102 Å². The van der Waals surface area contributed by atoms with Crippen LogP contribution in [0.5, 0.6) is 5.75 Å². The summed E-state index contributed by atoms with van der Waals surface area (Å²) in [5, 5.41) is 16.4. The van der Waals surface area contributed by atoms with Gasteiger partial charge in [-0.25, -0.2) is 4.79 Å². The minimum Gasteiger partial charge on any atom is -0.494 e. The van der Waals surface area contributed by atoms with Crippen molar-refractivity contribution in [1.82, 2.24) is 14.9 Å². The third-order valence-corrected chi connectivity index (χ3v) is 6.93. The predicted octanol–water partition coefficient (Wildman–Crippen LogP) is 5.10. The van der Waals surface area contributed by atoms with E-state index in [0.29, 0.717) is 28.7 Å². The Bertz CT molecular complexity index is 1540. The zero-order chi connectivity index (χ0) is 27.5. The van der Waals surface area contributed by atoms with E-state index in [9.17, 15) is 14.7 Å². The number of anilines is 2. The molecule has 39 heavy (non-hydrogen) atoms. The number of ether oxygens (including phenoxy) is 1. The van der Waals surface area contributed by atoms with Crippen molar-refractivity contribution in [2.75, 3.05) is 17.3 Å². The van der Waals surface area contributed by atoms with Crippen molar-refractivity contribution in [2.24, 2.45) is 0 Å². The number of hydrogen-bond acceptors (Lipinski definition) is 5. The zero-order valence-electron chi connectivity index (χ0n) is 21.4. The fourth-order valence-electron chi connectivity index (χ4n) is 4.76. The number of carboxylic acids is 1. The van der Waals surface area contributed by atoms with E-state index in [0.717, 1.165) is 17.1 Å². The highest BCUT2D eigenvalue weighted by Crippen LogP contribution is 2.44. The first-order chi connectivity index (χ1) is 18.9. The number of thiocarbonyl (C=S) groups is 1. The molecule has 3 N–H and O–H groups in total. The van der Waals surface area contributed by atoms with Crippen LogP contribution in [0.4, 0.5) is 11.4 Å². The minimum absolute atomic E-state index is 0.117. The first-order valence-corrected chi connectivity index (χ1v) is 12.8. The summed E-state index contributed by atoms with van der Waals surface area (Å²) in [5.74, 6) is -0.611. The zero-order valence-corrected chi connectivity index (χ0v) is 22.2. The first kappa shape index (κ1) is 25.9. The van der Waals surface area contributed by atoms with Crippen LogP contribution in [-0.4, -0.2) is 38.8 Å². The Kier molecular flexibility index (Phi) is 7.29. The molecule has 0 bridgehead atoms. The van der Waals surface area contributed by atoms with Crippen molar-refractivity contribution in [1.29, 1.82) is 0 Å². The van der Waals surface area contributed by atoms with Crippen LogP contribution in [0.3, 0.4) is 0 Å². The number of carbonyl (C=O) groups excluding carboxylic acids is 1. The number of amides is 1. The molecular weight excluding hydrogens is 514 g/mol. The lowest BCUT2D eigenvalue weighted by molar-refractivity contribution is -0.115. The quantitative estimate of drug-likeness (QED) is 0.264. The van der Waals surface area contributed by atoms with Gasteiger partial charge in [-0.3, -0.25) is 9.78 Å². The summed E-state index contributed by atoms with van der Waals surface area (Å²) >= 11 is 5.86. The van der Waals surface area contributed by atoms with E-state index >= 15 is 0 Å². The summed E-state index contributed by atoms with van der Waals surface area (Å²) in [5.41, 5.74) is 3.91. The predicted molar refractivity (Wildman–Crippen MR) is 153 cm³/mol.